The predicted molar refractivity (Wildman–Crippen MR) is 57.1 cm³/mol. The number of nitrogens with zero attached hydrogens (tertiary/aromatic N) is 1. The summed E-state index contributed by atoms with van der Waals surface area (Å²) >= 11 is 5.72. The standard InChI is InChI=1S/C10H13ClN2O2/c11-9-5-8(12-13-10(9)14)4-7-2-1-3-15-6-7/h5,7H,1-4,6H2,(H,13,14). The maximum atomic E-state index is 11.0. The van der Waals surface area contributed by atoms with Crippen LogP contribution in [-0.2, 0) is 11.2 Å². The summed E-state index contributed by atoms with van der Waals surface area (Å²) < 4.78 is 5.38. The Bertz CT molecular complexity index is 385. The molecule has 1 aromatic heterocycles. The van der Waals surface area contributed by atoms with Crippen molar-refractivity contribution >= 4 is 11.6 Å². The Labute approximate surface area is 92.6 Å². The average molecular weight is 229 g/mol. The van der Waals surface area contributed by atoms with Crippen molar-refractivity contribution in [2.75, 3.05) is 13.2 Å². The van der Waals surface area contributed by atoms with Gasteiger partial charge in [-0.3, -0.25) is 4.79 Å². The van der Waals surface area contributed by atoms with Gasteiger partial charge in [0, 0.05) is 13.2 Å². The van der Waals surface area contributed by atoms with E-state index in [0.717, 1.165) is 38.2 Å². The lowest BCUT2D eigenvalue weighted by molar-refractivity contribution is 0.0546. The Balaban J connectivity index is 2.03. The summed E-state index contributed by atoms with van der Waals surface area (Å²) in [4.78, 5) is 11.0. The molecular weight excluding hydrogens is 216 g/mol. The maximum absolute atomic E-state index is 11.0. The summed E-state index contributed by atoms with van der Waals surface area (Å²) in [6.07, 6.45) is 3.07. The molecule has 0 saturated carbocycles. The number of ether oxygens (including phenoxy) is 1. The summed E-state index contributed by atoms with van der Waals surface area (Å²) in [7, 11) is 0. The van der Waals surface area contributed by atoms with E-state index in [0.29, 0.717) is 5.92 Å². The van der Waals surface area contributed by atoms with E-state index in [1.54, 1.807) is 6.07 Å². The van der Waals surface area contributed by atoms with Gasteiger partial charge in [0.2, 0.25) is 0 Å². The van der Waals surface area contributed by atoms with Crippen molar-refractivity contribution in [3.05, 3.63) is 27.1 Å². The Kier molecular flexibility index (Phi) is 3.38. The number of aromatic nitrogens is 2. The molecule has 0 amide bonds. The van der Waals surface area contributed by atoms with E-state index in [1.165, 1.54) is 0 Å². The Morgan fingerprint density at radius 3 is 3.20 bits per heavy atom. The van der Waals surface area contributed by atoms with Crippen LogP contribution in [0.2, 0.25) is 5.02 Å². The van der Waals surface area contributed by atoms with Gasteiger partial charge in [0.1, 0.15) is 5.02 Å². The van der Waals surface area contributed by atoms with Gasteiger partial charge in [0.25, 0.3) is 5.56 Å². The third-order valence-electron chi connectivity index (χ3n) is 2.56. The van der Waals surface area contributed by atoms with E-state index in [-0.39, 0.29) is 10.6 Å². The highest BCUT2D eigenvalue weighted by Gasteiger charge is 2.15. The molecule has 15 heavy (non-hydrogen) atoms. The van der Waals surface area contributed by atoms with Gasteiger partial charge in [-0.1, -0.05) is 11.6 Å². The molecule has 0 radical (unpaired) electrons. The van der Waals surface area contributed by atoms with Crippen LogP contribution in [-0.4, -0.2) is 23.4 Å². The molecule has 1 fully saturated rings. The monoisotopic (exact) mass is 228 g/mol. The largest absolute Gasteiger partial charge is 0.381 e. The van der Waals surface area contributed by atoms with Gasteiger partial charge in [-0.2, -0.15) is 5.10 Å². The first kappa shape index (κ1) is 10.6. The molecule has 1 aromatic rings. The van der Waals surface area contributed by atoms with Crippen LogP contribution in [0.25, 0.3) is 0 Å². The fourth-order valence-corrected chi connectivity index (χ4v) is 1.96. The third kappa shape index (κ3) is 2.79. The summed E-state index contributed by atoms with van der Waals surface area (Å²) in [5.41, 5.74) is 0.496. The molecule has 1 aliphatic heterocycles. The molecule has 0 spiro atoms. The molecular formula is C10H13ClN2O2. The van der Waals surface area contributed by atoms with Crippen LogP contribution in [0.15, 0.2) is 10.9 Å². The lowest BCUT2D eigenvalue weighted by Crippen LogP contribution is -2.20. The number of hydrogen-bond acceptors (Lipinski definition) is 3. The predicted octanol–water partition coefficient (Wildman–Crippen LogP) is 1.39. The molecule has 4 nitrogen and oxygen atoms in total. The van der Waals surface area contributed by atoms with Crippen LogP contribution in [0.5, 0.6) is 0 Å². The van der Waals surface area contributed by atoms with E-state index in [9.17, 15) is 4.79 Å². The first-order valence-electron chi connectivity index (χ1n) is 5.07. The first-order valence-corrected chi connectivity index (χ1v) is 5.45. The number of aromatic amines is 1. The second-order valence-corrected chi connectivity index (χ2v) is 4.23. The van der Waals surface area contributed by atoms with Crippen molar-refractivity contribution in [1.82, 2.24) is 10.2 Å². The minimum atomic E-state index is -0.333. The topological polar surface area (TPSA) is 55.0 Å². The number of rotatable bonds is 2. The first-order chi connectivity index (χ1) is 7.25. The van der Waals surface area contributed by atoms with Gasteiger partial charge in [-0.15, -0.1) is 0 Å². The van der Waals surface area contributed by atoms with Crippen molar-refractivity contribution in [3.63, 3.8) is 0 Å². The molecule has 1 N–H and O–H groups in total. The van der Waals surface area contributed by atoms with Gasteiger partial charge in [-0.05, 0) is 31.2 Å². The number of hydrogen-bond donors (Lipinski definition) is 1. The zero-order valence-corrected chi connectivity index (χ0v) is 9.09. The SMILES string of the molecule is O=c1[nH]nc(CC2CCCOC2)cc1Cl. The van der Waals surface area contributed by atoms with Crippen LogP contribution >= 0.6 is 11.6 Å². The fraction of sp³-hybridized carbons (Fsp3) is 0.600. The number of halogens is 1. The minimum absolute atomic E-state index is 0.205. The van der Waals surface area contributed by atoms with Crippen molar-refractivity contribution in [3.8, 4) is 0 Å². The molecule has 0 aromatic carbocycles. The molecule has 1 unspecified atom stereocenters. The summed E-state index contributed by atoms with van der Waals surface area (Å²) in [6, 6.07) is 1.63. The zero-order valence-electron chi connectivity index (χ0n) is 8.33. The lowest BCUT2D eigenvalue weighted by Gasteiger charge is -2.21. The van der Waals surface area contributed by atoms with Gasteiger partial charge in [0.15, 0.2) is 0 Å². The van der Waals surface area contributed by atoms with Gasteiger partial charge in [0.05, 0.1) is 5.69 Å². The molecule has 0 aliphatic carbocycles. The van der Waals surface area contributed by atoms with E-state index < -0.39 is 0 Å². The highest BCUT2D eigenvalue weighted by Crippen LogP contribution is 2.17. The molecule has 2 heterocycles. The highest BCUT2D eigenvalue weighted by molar-refractivity contribution is 6.30. The smallest absolute Gasteiger partial charge is 0.282 e. The van der Waals surface area contributed by atoms with Crippen molar-refractivity contribution in [2.45, 2.75) is 19.3 Å². The highest BCUT2D eigenvalue weighted by atomic mass is 35.5. The lowest BCUT2D eigenvalue weighted by atomic mass is 9.97. The van der Waals surface area contributed by atoms with Crippen LogP contribution in [0.1, 0.15) is 18.5 Å². The molecule has 1 aliphatic rings. The van der Waals surface area contributed by atoms with Crippen LogP contribution in [0, 0.1) is 5.92 Å². The normalized spacial score (nSPS) is 21.5. The second-order valence-electron chi connectivity index (χ2n) is 3.82. The van der Waals surface area contributed by atoms with Crippen molar-refractivity contribution in [1.29, 1.82) is 0 Å². The zero-order chi connectivity index (χ0) is 10.7. The second kappa shape index (κ2) is 4.77. The molecule has 2 rings (SSSR count). The van der Waals surface area contributed by atoms with Crippen LogP contribution < -0.4 is 5.56 Å². The molecule has 1 saturated heterocycles. The number of H-pyrrole nitrogens is 1. The molecule has 0 bridgehead atoms. The molecule has 82 valence electrons. The van der Waals surface area contributed by atoms with E-state index in [4.69, 9.17) is 16.3 Å². The molecule has 1 atom stereocenters. The third-order valence-corrected chi connectivity index (χ3v) is 2.84. The van der Waals surface area contributed by atoms with Crippen LogP contribution in [0.3, 0.4) is 0 Å². The Hall–Kier alpha value is -0.870. The van der Waals surface area contributed by atoms with E-state index in [1.807, 2.05) is 0 Å². The van der Waals surface area contributed by atoms with E-state index in [2.05, 4.69) is 10.2 Å². The van der Waals surface area contributed by atoms with E-state index >= 15 is 0 Å². The summed E-state index contributed by atoms with van der Waals surface area (Å²) in [6.45, 7) is 1.63. The van der Waals surface area contributed by atoms with Gasteiger partial charge >= 0.3 is 0 Å². The fourth-order valence-electron chi connectivity index (χ4n) is 1.79. The Morgan fingerprint density at radius 2 is 2.53 bits per heavy atom. The summed E-state index contributed by atoms with van der Waals surface area (Å²) in [5.74, 6) is 0.494. The summed E-state index contributed by atoms with van der Waals surface area (Å²) in [5, 5.41) is 6.54. The Morgan fingerprint density at radius 1 is 1.67 bits per heavy atom. The van der Waals surface area contributed by atoms with Crippen molar-refractivity contribution in [2.24, 2.45) is 5.92 Å². The van der Waals surface area contributed by atoms with Crippen molar-refractivity contribution < 1.29 is 4.74 Å². The van der Waals surface area contributed by atoms with Gasteiger partial charge in [-0.25, -0.2) is 5.10 Å². The minimum Gasteiger partial charge on any atom is -0.381 e. The molecule has 5 heteroatoms. The number of nitrogens with one attached hydrogen (secondary N) is 1. The quantitative estimate of drug-likeness (QED) is 0.833. The average Bonchev–Trinajstić information content (AvgIpc) is 2.25. The maximum Gasteiger partial charge on any atom is 0.282 e. The van der Waals surface area contributed by atoms with Gasteiger partial charge < -0.3 is 4.74 Å². The van der Waals surface area contributed by atoms with Crippen LogP contribution in [0.4, 0.5) is 0 Å².